The lowest BCUT2D eigenvalue weighted by Crippen LogP contribution is -1.97. The normalized spacial score (nSPS) is 13.5. The summed E-state index contributed by atoms with van der Waals surface area (Å²) in [6.07, 6.45) is 9.34. The minimum absolute atomic E-state index is 0.0199. The molecule has 0 spiro atoms. The molecule has 0 radical (unpaired) electrons. The molecule has 0 saturated heterocycles. The van der Waals surface area contributed by atoms with Crippen LogP contribution in [0.1, 0.15) is 18.1 Å². The van der Waals surface area contributed by atoms with Crippen molar-refractivity contribution in [2.45, 2.75) is 12.8 Å². The number of aryl methyl sites for hydroxylation is 1. The second kappa shape index (κ2) is 5.09. The summed E-state index contributed by atoms with van der Waals surface area (Å²) in [5, 5.41) is 12.3. The maximum absolute atomic E-state index is 10.4. The van der Waals surface area contributed by atoms with E-state index in [0.717, 1.165) is 0 Å². The third kappa shape index (κ3) is 3.03. The smallest absolute Gasteiger partial charge is 0.303 e. The summed E-state index contributed by atoms with van der Waals surface area (Å²) in [4.78, 5) is 14.5. The molecule has 5 nitrogen and oxygen atoms in total. The molecule has 0 atom stereocenters. The number of hydrogen-bond donors (Lipinski definition) is 1. The first-order chi connectivity index (χ1) is 8.25. The number of carboxylic acids is 1. The molecule has 0 unspecified atom stereocenters. The Balaban J connectivity index is 2.13. The quantitative estimate of drug-likeness (QED) is 0.797. The lowest BCUT2D eigenvalue weighted by Gasteiger charge is -1.88. The number of nitrogens with zero attached hydrogens (tertiary/aromatic N) is 2. The first-order valence-electron chi connectivity index (χ1n) is 5.10. The maximum Gasteiger partial charge on any atom is 0.303 e. The predicted octanol–water partition coefficient (Wildman–Crippen LogP) is 1.75. The highest BCUT2D eigenvalue weighted by atomic mass is 16.5. The molecule has 0 amide bonds. The maximum atomic E-state index is 10.4. The Hall–Kier alpha value is -2.39. The van der Waals surface area contributed by atoms with Gasteiger partial charge in [0.15, 0.2) is 0 Å². The topological polar surface area (TPSA) is 76.2 Å². The Kier molecular flexibility index (Phi) is 3.33. The number of aromatic nitrogens is 2. The van der Waals surface area contributed by atoms with Crippen molar-refractivity contribution in [2.24, 2.45) is 0 Å². The standard InChI is InChI=1S/C12H10N2O3/c15-11(16)8-7-10-13-12(14-17-10)9-5-3-1-2-4-6-9/h1-5H,7-8H2,(H,15,16). The van der Waals surface area contributed by atoms with Gasteiger partial charge in [0.2, 0.25) is 11.7 Å². The molecule has 17 heavy (non-hydrogen) atoms. The van der Waals surface area contributed by atoms with Gasteiger partial charge >= 0.3 is 5.97 Å². The molecule has 0 aromatic carbocycles. The molecular formula is C12H10N2O3. The van der Waals surface area contributed by atoms with Crippen LogP contribution in [0.25, 0.3) is 5.57 Å². The van der Waals surface area contributed by atoms with Crippen LogP contribution in [0.4, 0.5) is 0 Å². The monoisotopic (exact) mass is 230 g/mol. The number of rotatable bonds is 4. The fourth-order valence-electron chi connectivity index (χ4n) is 1.28. The molecule has 1 aliphatic carbocycles. The van der Waals surface area contributed by atoms with E-state index in [1.165, 1.54) is 0 Å². The van der Waals surface area contributed by atoms with Crippen molar-refractivity contribution in [1.29, 1.82) is 0 Å². The van der Waals surface area contributed by atoms with Gasteiger partial charge in [-0.25, -0.2) is 0 Å². The summed E-state index contributed by atoms with van der Waals surface area (Å²) in [5.74, 6) is -0.147. The van der Waals surface area contributed by atoms with Crippen molar-refractivity contribution in [3.63, 3.8) is 0 Å². The molecule has 2 rings (SSSR count). The van der Waals surface area contributed by atoms with Crippen LogP contribution in [0, 0.1) is 0 Å². The van der Waals surface area contributed by atoms with Crippen molar-refractivity contribution in [3.8, 4) is 0 Å². The molecule has 1 heterocycles. The summed E-state index contributed by atoms with van der Waals surface area (Å²) < 4.78 is 4.96. The molecule has 1 N–H and O–H groups in total. The van der Waals surface area contributed by atoms with E-state index in [4.69, 9.17) is 9.63 Å². The van der Waals surface area contributed by atoms with Gasteiger partial charge in [0.1, 0.15) is 0 Å². The largest absolute Gasteiger partial charge is 0.481 e. The highest BCUT2D eigenvalue weighted by Gasteiger charge is 2.10. The molecular weight excluding hydrogens is 220 g/mol. The van der Waals surface area contributed by atoms with Crippen LogP contribution in [-0.4, -0.2) is 21.2 Å². The van der Waals surface area contributed by atoms with Gasteiger partial charge in [-0.1, -0.05) is 23.4 Å². The number of carbonyl (C=O) groups is 1. The Bertz CT molecular complexity index is 546. The Morgan fingerprint density at radius 1 is 1.41 bits per heavy atom. The minimum Gasteiger partial charge on any atom is -0.481 e. The zero-order valence-electron chi connectivity index (χ0n) is 8.96. The van der Waals surface area contributed by atoms with E-state index in [1.807, 2.05) is 24.3 Å². The van der Waals surface area contributed by atoms with Crippen molar-refractivity contribution < 1.29 is 14.4 Å². The average molecular weight is 230 g/mol. The van der Waals surface area contributed by atoms with Gasteiger partial charge in [-0.3, -0.25) is 4.79 Å². The average Bonchev–Trinajstić information content (AvgIpc) is 2.60. The molecule has 1 aliphatic rings. The summed E-state index contributed by atoms with van der Waals surface area (Å²) in [5.41, 5.74) is 3.70. The van der Waals surface area contributed by atoms with Crippen LogP contribution in [0.3, 0.4) is 0 Å². The Morgan fingerprint density at radius 3 is 3.12 bits per heavy atom. The summed E-state index contributed by atoms with van der Waals surface area (Å²) >= 11 is 0. The molecule has 5 heteroatoms. The van der Waals surface area contributed by atoms with Crippen molar-refractivity contribution >= 4 is 11.5 Å². The molecule has 0 bridgehead atoms. The molecule has 1 aromatic heterocycles. The van der Waals surface area contributed by atoms with Crippen LogP contribution >= 0.6 is 0 Å². The highest BCUT2D eigenvalue weighted by Crippen LogP contribution is 2.13. The van der Waals surface area contributed by atoms with Crippen LogP contribution in [-0.2, 0) is 11.2 Å². The zero-order chi connectivity index (χ0) is 12.1. The number of carboxylic acid groups (broad SMARTS) is 1. The summed E-state index contributed by atoms with van der Waals surface area (Å²) in [6, 6.07) is 0. The third-order valence-corrected chi connectivity index (χ3v) is 2.08. The van der Waals surface area contributed by atoms with Crippen LogP contribution in [0.15, 0.2) is 40.6 Å². The molecule has 1 aromatic rings. The second-order valence-electron chi connectivity index (χ2n) is 3.37. The van der Waals surface area contributed by atoms with E-state index in [9.17, 15) is 4.79 Å². The van der Waals surface area contributed by atoms with Gasteiger partial charge in [-0.2, -0.15) is 4.98 Å². The van der Waals surface area contributed by atoms with Gasteiger partial charge in [0, 0.05) is 6.42 Å². The fraction of sp³-hybridized carbons (Fsp3) is 0.167. The summed E-state index contributed by atoms with van der Waals surface area (Å²) in [6.45, 7) is 0. The number of hydrogen-bond acceptors (Lipinski definition) is 4. The zero-order valence-corrected chi connectivity index (χ0v) is 8.96. The Morgan fingerprint density at radius 2 is 2.29 bits per heavy atom. The third-order valence-electron chi connectivity index (χ3n) is 2.08. The van der Waals surface area contributed by atoms with Crippen LogP contribution < -0.4 is 0 Å². The summed E-state index contributed by atoms with van der Waals surface area (Å²) in [7, 11) is 0. The lowest BCUT2D eigenvalue weighted by molar-refractivity contribution is -0.137. The predicted molar refractivity (Wildman–Crippen MR) is 60.0 cm³/mol. The SMILES string of the molecule is O=C(O)CCc1nc(C2=C=CC=CC=C2)no1. The molecule has 0 aliphatic heterocycles. The number of aliphatic carboxylic acids is 1. The van der Waals surface area contributed by atoms with Crippen molar-refractivity contribution in [2.75, 3.05) is 0 Å². The van der Waals surface area contributed by atoms with Gasteiger partial charge in [0.25, 0.3) is 0 Å². The Labute approximate surface area is 97.5 Å². The van der Waals surface area contributed by atoms with Crippen molar-refractivity contribution in [3.05, 3.63) is 47.8 Å². The first kappa shape index (κ1) is 11.1. The molecule has 0 fully saturated rings. The lowest BCUT2D eigenvalue weighted by atomic mass is 10.2. The van der Waals surface area contributed by atoms with E-state index in [-0.39, 0.29) is 12.8 Å². The van der Waals surface area contributed by atoms with E-state index >= 15 is 0 Å². The van der Waals surface area contributed by atoms with E-state index in [2.05, 4.69) is 15.9 Å². The van der Waals surface area contributed by atoms with Gasteiger partial charge < -0.3 is 9.63 Å². The van der Waals surface area contributed by atoms with Crippen molar-refractivity contribution in [1.82, 2.24) is 10.1 Å². The van der Waals surface area contributed by atoms with E-state index in [0.29, 0.717) is 17.3 Å². The molecule has 0 saturated carbocycles. The second-order valence-corrected chi connectivity index (χ2v) is 3.37. The minimum atomic E-state index is -0.887. The number of allylic oxidation sites excluding steroid dienone is 5. The van der Waals surface area contributed by atoms with Gasteiger partial charge in [-0.15, -0.1) is 5.73 Å². The highest BCUT2D eigenvalue weighted by molar-refractivity contribution is 5.70. The first-order valence-corrected chi connectivity index (χ1v) is 5.10. The molecule has 86 valence electrons. The van der Waals surface area contributed by atoms with Crippen LogP contribution in [0.5, 0.6) is 0 Å². The van der Waals surface area contributed by atoms with Gasteiger partial charge in [0.05, 0.1) is 12.0 Å². The van der Waals surface area contributed by atoms with E-state index in [1.54, 1.807) is 6.08 Å². The van der Waals surface area contributed by atoms with Crippen LogP contribution in [0.2, 0.25) is 0 Å². The van der Waals surface area contributed by atoms with E-state index < -0.39 is 5.97 Å². The fourth-order valence-corrected chi connectivity index (χ4v) is 1.28. The van der Waals surface area contributed by atoms with Gasteiger partial charge in [-0.05, 0) is 12.2 Å².